The van der Waals surface area contributed by atoms with Crippen molar-refractivity contribution >= 4 is 21.8 Å². The molecule has 0 saturated heterocycles. The molecule has 0 aliphatic rings. The number of nitrogens with zero attached hydrogens (tertiary/aromatic N) is 2. The molecule has 2 heterocycles. The van der Waals surface area contributed by atoms with Gasteiger partial charge in [-0.15, -0.1) is 0 Å². The summed E-state index contributed by atoms with van der Waals surface area (Å²) >= 11 is 0. The summed E-state index contributed by atoms with van der Waals surface area (Å²) in [5.74, 6) is 0. The van der Waals surface area contributed by atoms with Crippen LogP contribution in [0, 0.1) is 0 Å². The zero-order valence-electron chi connectivity index (χ0n) is 13.1. The maximum absolute atomic E-state index is 9.75. The van der Waals surface area contributed by atoms with E-state index in [1.807, 2.05) is 36.4 Å². The number of halogens is 12. The zero-order valence-corrected chi connectivity index (χ0v) is 14.2. The Bertz CT molecular complexity index is 525. The summed E-state index contributed by atoms with van der Waals surface area (Å²) in [6.07, 6.45) is 3.54. The fraction of sp³-hybridized carbons (Fsp3) is 0. The van der Waals surface area contributed by atoms with Gasteiger partial charge >= 0.3 is 38.5 Å². The molecule has 0 saturated carbocycles. The Kier molecular flexibility index (Phi) is 15.7. The number of hydrogen-bond donors (Lipinski definition) is 0. The molecule has 0 fully saturated rings. The summed E-state index contributed by atoms with van der Waals surface area (Å²) in [4.78, 5) is 8.37. The molecule has 160 valence electrons. The molecule has 0 aliphatic carbocycles. The van der Waals surface area contributed by atoms with E-state index in [4.69, 9.17) is 0 Å². The summed E-state index contributed by atoms with van der Waals surface area (Å²) in [7, 11) is -18.0. The first kappa shape index (κ1) is 30.9. The molecule has 28 heavy (non-hydrogen) atoms. The van der Waals surface area contributed by atoms with Gasteiger partial charge < -0.3 is 51.8 Å². The molecule has 0 radical (unpaired) electrons. The Morgan fingerprint density at radius 3 is 0.821 bits per heavy atom. The molecule has 0 bridgehead atoms. The van der Waals surface area contributed by atoms with Gasteiger partial charge in [0.05, 0.1) is 11.4 Å². The molecule has 0 amide bonds. The first-order chi connectivity index (χ1) is 12.0. The van der Waals surface area contributed by atoms with Gasteiger partial charge in [-0.1, -0.05) is 12.1 Å². The van der Waals surface area contributed by atoms with Crippen molar-refractivity contribution in [2.45, 2.75) is 0 Å². The summed E-state index contributed by atoms with van der Waals surface area (Å²) in [6, 6.07) is 11.6. The fourth-order valence-corrected chi connectivity index (χ4v) is 1.03. The largest absolute Gasteiger partial charge is 3.00 e. The molecule has 0 N–H and O–H groups in total. The van der Waals surface area contributed by atoms with Gasteiger partial charge in [-0.2, -0.15) is 0 Å². The van der Waals surface area contributed by atoms with Crippen LogP contribution in [0.5, 0.6) is 0 Å². The van der Waals surface area contributed by atoms with E-state index in [1.54, 1.807) is 12.4 Å². The van der Waals surface area contributed by atoms with Crippen molar-refractivity contribution in [1.82, 2.24) is 9.97 Å². The van der Waals surface area contributed by atoms with Gasteiger partial charge in [0.2, 0.25) is 0 Å². The molecule has 0 aromatic carbocycles. The normalized spacial score (nSPS) is 10.6. The predicted molar refractivity (Wildman–Crippen MR) is 78.0 cm³/mol. The summed E-state index contributed by atoms with van der Waals surface area (Å²) in [5.41, 5.74) is 1.83. The van der Waals surface area contributed by atoms with E-state index >= 15 is 0 Å². The Balaban J connectivity index is -0.000000334. The smallest absolute Gasteiger partial charge is 0.418 e. The molecule has 2 rings (SSSR count). The summed E-state index contributed by atoms with van der Waals surface area (Å²) in [5, 5.41) is 0. The van der Waals surface area contributed by atoms with Crippen LogP contribution >= 0.6 is 0 Å². The van der Waals surface area contributed by atoms with Crippen molar-refractivity contribution in [3.63, 3.8) is 0 Å². The van der Waals surface area contributed by atoms with Gasteiger partial charge in [0.1, 0.15) is 0 Å². The van der Waals surface area contributed by atoms with E-state index in [0.29, 0.717) is 0 Å². The van der Waals surface area contributed by atoms with E-state index in [1.165, 1.54) is 0 Å². The Morgan fingerprint density at radius 2 is 0.679 bits per heavy atom. The molecule has 0 aliphatic heterocycles. The molecule has 18 heteroatoms. The third-order valence-electron chi connectivity index (χ3n) is 1.59. The molecule has 0 atom stereocenters. The monoisotopic (exact) mass is 476 g/mol. The van der Waals surface area contributed by atoms with Gasteiger partial charge in [-0.25, -0.2) is 0 Å². The molecule has 2 nitrogen and oxygen atoms in total. The number of rotatable bonds is 1. The van der Waals surface area contributed by atoms with Gasteiger partial charge in [-0.05, 0) is 24.3 Å². The van der Waals surface area contributed by atoms with E-state index < -0.39 is 21.8 Å². The van der Waals surface area contributed by atoms with Crippen molar-refractivity contribution in [3.8, 4) is 11.4 Å². The molecular weight excluding hydrogens is 467 g/mol. The topological polar surface area (TPSA) is 25.8 Å². The minimum absolute atomic E-state index is 0. The van der Waals surface area contributed by atoms with Crippen LogP contribution in [0.1, 0.15) is 0 Å². The fourth-order valence-electron chi connectivity index (χ4n) is 1.03. The standard InChI is InChI=1S/C10H8N2.3BF4.Co/c1-3-7-11-9(5-1)10-6-2-4-8-12-10;3*2-1(3,4)5;/h1-8H;;;;/q;3*-1;+3. The van der Waals surface area contributed by atoms with Gasteiger partial charge in [0, 0.05) is 12.4 Å². The Labute approximate surface area is 161 Å². The van der Waals surface area contributed by atoms with Crippen molar-refractivity contribution < 1.29 is 68.6 Å². The van der Waals surface area contributed by atoms with Crippen LogP contribution in [0.25, 0.3) is 11.4 Å². The van der Waals surface area contributed by atoms with E-state index in [0.717, 1.165) is 11.4 Å². The van der Waals surface area contributed by atoms with Crippen LogP contribution in [-0.4, -0.2) is 31.7 Å². The molecule has 2 aromatic rings. The Morgan fingerprint density at radius 1 is 0.464 bits per heavy atom. The third kappa shape index (κ3) is 39.3. The predicted octanol–water partition coefficient (Wildman–Crippen LogP) is 6.04. The third-order valence-corrected chi connectivity index (χ3v) is 1.59. The van der Waals surface area contributed by atoms with Gasteiger partial charge in [0.15, 0.2) is 0 Å². The number of hydrogen-bond acceptors (Lipinski definition) is 2. The minimum Gasteiger partial charge on any atom is -0.418 e. The second-order valence-electron chi connectivity index (χ2n) is 3.91. The van der Waals surface area contributed by atoms with Crippen LogP contribution in [0.4, 0.5) is 51.8 Å². The van der Waals surface area contributed by atoms with E-state index in [9.17, 15) is 51.8 Å². The molecule has 0 spiro atoms. The van der Waals surface area contributed by atoms with E-state index in [2.05, 4.69) is 9.97 Å². The first-order valence-electron chi connectivity index (χ1n) is 6.41. The molecule has 0 unspecified atom stereocenters. The van der Waals surface area contributed by atoms with Crippen LogP contribution in [-0.2, 0) is 16.8 Å². The quantitative estimate of drug-likeness (QED) is 0.371. The average Bonchev–Trinajstić information content (AvgIpc) is 2.44. The second-order valence-corrected chi connectivity index (χ2v) is 3.91. The van der Waals surface area contributed by atoms with Crippen LogP contribution in [0.3, 0.4) is 0 Å². The summed E-state index contributed by atoms with van der Waals surface area (Å²) < 4.78 is 117. The Hall–Kier alpha value is -1.84. The molecule has 2 aromatic heterocycles. The first-order valence-corrected chi connectivity index (χ1v) is 6.41. The van der Waals surface area contributed by atoms with Crippen LogP contribution < -0.4 is 0 Å². The summed E-state index contributed by atoms with van der Waals surface area (Å²) in [6.45, 7) is 0. The second kappa shape index (κ2) is 14.2. The molecular formula is C10H8B3CoF12N2. The van der Waals surface area contributed by atoms with Crippen molar-refractivity contribution in [3.05, 3.63) is 48.8 Å². The van der Waals surface area contributed by atoms with Crippen molar-refractivity contribution in [1.29, 1.82) is 0 Å². The minimum atomic E-state index is -6.00. The number of aromatic nitrogens is 2. The van der Waals surface area contributed by atoms with Gasteiger partial charge in [0.25, 0.3) is 0 Å². The van der Waals surface area contributed by atoms with E-state index in [-0.39, 0.29) is 16.8 Å². The zero-order chi connectivity index (χ0) is 21.7. The maximum Gasteiger partial charge on any atom is 3.00 e. The number of pyridine rings is 2. The van der Waals surface area contributed by atoms with Crippen molar-refractivity contribution in [2.24, 2.45) is 0 Å². The van der Waals surface area contributed by atoms with Gasteiger partial charge in [-0.3, -0.25) is 9.97 Å². The van der Waals surface area contributed by atoms with Crippen LogP contribution in [0.15, 0.2) is 48.8 Å². The SMILES string of the molecule is F[B-](F)(F)F.F[B-](F)(F)F.F[B-](F)(F)F.[Co+3].c1ccc(-c2ccccn2)nc1. The van der Waals surface area contributed by atoms with Crippen LogP contribution in [0.2, 0.25) is 0 Å². The maximum atomic E-state index is 9.75. The van der Waals surface area contributed by atoms with Crippen molar-refractivity contribution in [2.75, 3.05) is 0 Å². The average molecular weight is 476 g/mol.